The van der Waals surface area contributed by atoms with Crippen LogP contribution < -0.4 is 10.6 Å². The van der Waals surface area contributed by atoms with Gasteiger partial charge in [0.1, 0.15) is 0 Å². The van der Waals surface area contributed by atoms with Crippen LogP contribution in [0.1, 0.15) is 55.2 Å². The van der Waals surface area contributed by atoms with Crippen molar-refractivity contribution in [2.75, 3.05) is 20.3 Å². The normalized spacial score (nSPS) is 20.0. The third kappa shape index (κ3) is 3.77. The van der Waals surface area contributed by atoms with E-state index in [-0.39, 0.29) is 23.8 Å². The number of nitrogens with zero attached hydrogens (tertiary/aromatic N) is 2. The van der Waals surface area contributed by atoms with E-state index in [9.17, 15) is 4.79 Å². The van der Waals surface area contributed by atoms with Crippen LogP contribution in [0, 0.1) is 0 Å². The highest BCUT2D eigenvalue weighted by molar-refractivity contribution is 5.90. The van der Waals surface area contributed by atoms with Gasteiger partial charge in [0.05, 0.1) is 18.7 Å². The highest BCUT2D eigenvalue weighted by Gasteiger charge is 2.25. The first-order valence-electron chi connectivity index (χ1n) is 7.11. The van der Waals surface area contributed by atoms with Gasteiger partial charge in [0.2, 0.25) is 5.89 Å². The topological polar surface area (TPSA) is 89.3 Å². The minimum atomic E-state index is -0.312. The maximum Gasteiger partial charge on any atom is 0.292 e. The second kappa shape index (κ2) is 7.35. The Bertz CT molecular complexity index is 423. The highest BCUT2D eigenvalue weighted by Crippen LogP contribution is 2.20. The van der Waals surface area contributed by atoms with Gasteiger partial charge in [-0.2, -0.15) is 4.98 Å². The van der Waals surface area contributed by atoms with Crippen LogP contribution in [0.25, 0.3) is 0 Å². The van der Waals surface area contributed by atoms with Gasteiger partial charge < -0.3 is 19.9 Å². The Morgan fingerprint density at radius 3 is 3.15 bits per heavy atom. The van der Waals surface area contributed by atoms with Gasteiger partial charge in [-0.25, -0.2) is 0 Å². The summed E-state index contributed by atoms with van der Waals surface area (Å²) in [6.45, 7) is 3.49. The van der Waals surface area contributed by atoms with Crippen molar-refractivity contribution in [1.29, 1.82) is 0 Å². The molecular weight excluding hydrogens is 260 g/mol. The molecule has 0 radical (unpaired) electrons. The van der Waals surface area contributed by atoms with Gasteiger partial charge >= 0.3 is 0 Å². The summed E-state index contributed by atoms with van der Waals surface area (Å²) in [4.78, 5) is 16.2. The molecule has 20 heavy (non-hydrogen) atoms. The third-order valence-electron chi connectivity index (χ3n) is 3.34. The number of aromatic nitrogens is 2. The Morgan fingerprint density at radius 1 is 1.65 bits per heavy atom. The van der Waals surface area contributed by atoms with Crippen LogP contribution in [0.3, 0.4) is 0 Å². The summed E-state index contributed by atoms with van der Waals surface area (Å²) >= 11 is 0. The van der Waals surface area contributed by atoms with Gasteiger partial charge in [0, 0.05) is 7.11 Å². The number of carbonyl (C=O) groups is 1. The van der Waals surface area contributed by atoms with E-state index in [4.69, 9.17) is 9.26 Å². The average molecular weight is 282 g/mol. The molecule has 1 aromatic rings. The Labute approximate surface area is 118 Å². The SMILES string of the molecule is CCCC(COC)NC(=O)c1noc(C2CCCN2)n1. The fraction of sp³-hybridized carbons (Fsp3) is 0.769. The molecule has 2 unspecified atom stereocenters. The van der Waals surface area contributed by atoms with Crippen LogP contribution in [0.15, 0.2) is 4.52 Å². The molecule has 112 valence electrons. The summed E-state index contributed by atoms with van der Waals surface area (Å²) in [5.41, 5.74) is 0. The maximum atomic E-state index is 12.1. The molecule has 1 aliphatic heterocycles. The summed E-state index contributed by atoms with van der Waals surface area (Å²) in [6.07, 6.45) is 3.87. The molecule has 1 aromatic heterocycles. The molecule has 2 N–H and O–H groups in total. The van der Waals surface area contributed by atoms with Crippen LogP contribution in [0.5, 0.6) is 0 Å². The second-order valence-corrected chi connectivity index (χ2v) is 5.02. The van der Waals surface area contributed by atoms with Crippen LogP contribution in [0.2, 0.25) is 0 Å². The van der Waals surface area contributed by atoms with Crippen molar-refractivity contribution >= 4 is 5.91 Å². The number of amides is 1. The minimum absolute atomic E-state index is 0.0240. The summed E-state index contributed by atoms with van der Waals surface area (Å²) < 4.78 is 10.2. The first kappa shape index (κ1) is 14.9. The van der Waals surface area contributed by atoms with E-state index in [1.54, 1.807) is 7.11 Å². The zero-order chi connectivity index (χ0) is 14.4. The van der Waals surface area contributed by atoms with Gasteiger partial charge in [-0.1, -0.05) is 18.5 Å². The van der Waals surface area contributed by atoms with Crippen molar-refractivity contribution in [3.63, 3.8) is 0 Å². The number of hydrogen-bond donors (Lipinski definition) is 2. The first-order valence-corrected chi connectivity index (χ1v) is 7.11. The summed E-state index contributed by atoms with van der Waals surface area (Å²) in [6, 6.07) is 0.0542. The second-order valence-electron chi connectivity index (χ2n) is 5.02. The van der Waals surface area contributed by atoms with Gasteiger partial charge in [-0.05, 0) is 25.8 Å². The Hall–Kier alpha value is -1.47. The standard InChI is InChI=1S/C13H22N4O3/c1-3-5-9(8-19-2)15-12(18)11-16-13(20-17-11)10-6-4-7-14-10/h9-10,14H,3-8H2,1-2H3,(H,15,18). The van der Waals surface area contributed by atoms with Crippen LogP contribution in [0.4, 0.5) is 0 Å². The predicted molar refractivity (Wildman–Crippen MR) is 72.3 cm³/mol. The van der Waals surface area contributed by atoms with Crippen molar-refractivity contribution in [2.24, 2.45) is 0 Å². The Balaban J connectivity index is 1.94. The third-order valence-corrected chi connectivity index (χ3v) is 3.34. The molecular formula is C13H22N4O3. The molecule has 2 rings (SSSR count). The smallest absolute Gasteiger partial charge is 0.292 e. The van der Waals surface area contributed by atoms with Crippen molar-refractivity contribution in [3.05, 3.63) is 11.7 Å². The molecule has 1 amide bonds. The summed E-state index contributed by atoms with van der Waals surface area (Å²) in [7, 11) is 1.62. The average Bonchev–Trinajstić information content (AvgIpc) is 3.10. The molecule has 1 aliphatic rings. The van der Waals surface area contributed by atoms with Gasteiger partial charge in [0.15, 0.2) is 0 Å². The lowest BCUT2D eigenvalue weighted by molar-refractivity contribution is 0.0878. The Morgan fingerprint density at radius 2 is 2.50 bits per heavy atom. The van der Waals surface area contributed by atoms with E-state index in [2.05, 4.69) is 27.7 Å². The van der Waals surface area contributed by atoms with Crippen molar-refractivity contribution in [1.82, 2.24) is 20.8 Å². The summed E-state index contributed by atoms with van der Waals surface area (Å²) in [5.74, 6) is 0.269. The molecule has 0 bridgehead atoms. The molecule has 7 nitrogen and oxygen atoms in total. The van der Waals surface area contributed by atoms with Crippen LogP contribution >= 0.6 is 0 Å². The number of nitrogens with one attached hydrogen (secondary N) is 2. The lowest BCUT2D eigenvalue weighted by Crippen LogP contribution is -2.38. The Kier molecular flexibility index (Phi) is 5.49. The van der Waals surface area contributed by atoms with E-state index in [1.807, 2.05) is 0 Å². The summed E-state index contributed by atoms with van der Waals surface area (Å²) in [5, 5.41) is 9.88. The molecule has 0 aromatic carbocycles. The number of hydrogen-bond acceptors (Lipinski definition) is 6. The first-order chi connectivity index (χ1) is 9.74. The molecule has 1 saturated heterocycles. The largest absolute Gasteiger partial charge is 0.383 e. The zero-order valence-corrected chi connectivity index (χ0v) is 12.0. The highest BCUT2D eigenvalue weighted by atomic mass is 16.5. The maximum absolute atomic E-state index is 12.1. The molecule has 0 spiro atoms. The zero-order valence-electron chi connectivity index (χ0n) is 12.0. The molecule has 1 fully saturated rings. The lowest BCUT2D eigenvalue weighted by atomic mass is 10.2. The number of methoxy groups -OCH3 is 1. The van der Waals surface area contributed by atoms with Crippen molar-refractivity contribution in [3.8, 4) is 0 Å². The molecule has 2 atom stereocenters. The van der Waals surface area contributed by atoms with Crippen LogP contribution in [-0.4, -0.2) is 42.4 Å². The van der Waals surface area contributed by atoms with Gasteiger partial charge in [-0.15, -0.1) is 0 Å². The number of ether oxygens (including phenoxy) is 1. The molecule has 0 aliphatic carbocycles. The van der Waals surface area contributed by atoms with E-state index in [1.165, 1.54) is 0 Å². The van der Waals surface area contributed by atoms with Crippen molar-refractivity contribution in [2.45, 2.75) is 44.7 Å². The quantitative estimate of drug-likeness (QED) is 0.776. The van der Waals surface area contributed by atoms with Crippen molar-refractivity contribution < 1.29 is 14.1 Å². The van der Waals surface area contributed by atoms with E-state index < -0.39 is 0 Å². The molecule has 2 heterocycles. The fourth-order valence-corrected chi connectivity index (χ4v) is 2.36. The van der Waals surface area contributed by atoms with E-state index in [0.29, 0.717) is 12.5 Å². The predicted octanol–water partition coefficient (Wildman–Crippen LogP) is 1.04. The lowest BCUT2D eigenvalue weighted by Gasteiger charge is -2.15. The molecule has 0 saturated carbocycles. The van der Waals surface area contributed by atoms with Gasteiger partial charge in [-0.3, -0.25) is 4.79 Å². The fourth-order valence-electron chi connectivity index (χ4n) is 2.36. The van der Waals surface area contributed by atoms with Crippen LogP contribution in [-0.2, 0) is 4.74 Å². The van der Waals surface area contributed by atoms with Gasteiger partial charge in [0.25, 0.3) is 11.7 Å². The minimum Gasteiger partial charge on any atom is -0.383 e. The number of carbonyl (C=O) groups excluding carboxylic acids is 1. The number of rotatable bonds is 7. The van der Waals surface area contributed by atoms with E-state index in [0.717, 1.165) is 32.2 Å². The monoisotopic (exact) mass is 282 g/mol. The van der Waals surface area contributed by atoms with E-state index >= 15 is 0 Å². The molecule has 7 heteroatoms.